The fourth-order valence-electron chi connectivity index (χ4n) is 21.4. The topological polar surface area (TPSA) is 56.4 Å². The van der Waals surface area contributed by atoms with Gasteiger partial charge in [0.25, 0.3) is 13.4 Å². The third-order valence-electron chi connectivity index (χ3n) is 30.5. The van der Waals surface area contributed by atoms with E-state index in [-0.39, 0.29) is 71.7 Å². The standard InChI is InChI=1S/2C57H60BN3.2C7H15BO2/c2*1-9-10-11-14-19-41-24-29-46(30-25-41)61-52-39-48(59(44-20-15-12-16-21-44)45-22-17-13-18-23-45)33-34-49(52)58-50-38-43(57(6,7)8)28-35-51(50)60(53-36-40(2)37-54(61)55(53)58)47-31-26-42(27-32-47)56(3,4)5;2*1-6(2)7(3,4)10-8(5)9-6/h2*12-13,15-18,20-39H,9-11,14,19H2,1-8H3;2*1-5H3. The normalized spacial score (nSPS) is 15.4. The van der Waals surface area contributed by atoms with Gasteiger partial charge in [-0.2, -0.15) is 0 Å². The molecule has 0 atom stereocenters. The molecule has 0 amide bonds. The molecule has 0 aliphatic carbocycles. The number of nitrogens with zero attached hydrogens (tertiary/aromatic N) is 6. The highest BCUT2D eigenvalue weighted by molar-refractivity contribution is 7.01. The minimum Gasteiger partial charge on any atom is -0.403 e. The zero-order valence-electron chi connectivity index (χ0n) is 89.7. The van der Waals surface area contributed by atoms with Gasteiger partial charge in [0, 0.05) is 102 Å². The van der Waals surface area contributed by atoms with Gasteiger partial charge in [0.1, 0.15) is 0 Å². The molecule has 6 aliphatic heterocycles. The Morgan fingerprint density at radius 1 is 0.254 bits per heavy atom. The van der Waals surface area contributed by atoms with Crippen LogP contribution in [-0.2, 0) is 53.1 Å². The van der Waals surface area contributed by atoms with Gasteiger partial charge < -0.3 is 48.0 Å². The molecule has 6 aliphatic rings. The molecule has 0 spiro atoms. The molecule has 0 N–H and O–H groups in total. The molecule has 10 nitrogen and oxygen atoms in total. The van der Waals surface area contributed by atoms with Crippen molar-refractivity contribution in [1.29, 1.82) is 0 Å². The van der Waals surface area contributed by atoms with Crippen molar-refractivity contribution in [2.45, 2.75) is 288 Å². The highest BCUT2D eigenvalue weighted by atomic mass is 16.7. The van der Waals surface area contributed by atoms with Gasteiger partial charge in [-0.05, 0) is 365 Å². The molecule has 2 fully saturated rings. The van der Waals surface area contributed by atoms with Gasteiger partial charge in [-0.25, -0.2) is 0 Å². The van der Waals surface area contributed by atoms with Crippen molar-refractivity contribution in [2.75, 3.05) is 29.4 Å². The van der Waals surface area contributed by atoms with Crippen LogP contribution in [0, 0.1) is 13.8 Å². The predicted octanol–water partition coefficient (Wildman–Crippen LogP) is 31.9. The maximum absolute atomic E-state index is 5.54. The summed E-state index contributed by atoms with van der Waals surface area (Å²) in [5, 5.41) is 0. The van der Waals surface area contributed by atoms with Crippen molar-refractivity contribution in [3.05, 3.63) is 360 Å². The molecule has 0 radical (unpaired) electrons. The average molecular weight is 1880 g/mol. The van der Waals surface area contributed by atoms with Crippen molar-refractivity contribution in [3.63, 3.8) is 0 Å². The van der Waals surface area contributed by atoms with Crippen LogP contribution in [0.5, 0.6) is 0 Å². The molecule has 728 valence electrons. The maximum atomic E-state index is 5.54. The molecule has 20 rings (SSSR count). The van der Waals surface area contributed by atoms with E-state index in [2.05, 4.69) is 511 Å². The van der Waals surface area contributed by atoms with E-state index in [1.165, 1.54) is 197 Å². The number of fused-ring (bicyclic) bond motifs is 8. The highest BCUT2D eigenvalue weighted by Gasteiger charge is 2.52. The molecule has 2 saturated heterocycles. The summed E-state index contributed by atoms with van der Waals surface area (Å²) in [6.45, 7) is 57.2. The minimum absolute atomic E-state index is 0.0118. The van der Waals surface area contributed by atoms with E-state index in [0.717, 1.165) is 47.0 Å². The van der Waals surface area contributed by atoms with E-state index < -0.39 is 0 Å². The number of rotatable bonds is 20. The lowest BCUT2D eigenvalue weighted by Gasteiger charge is -2.45. The number of hydrogen-bond donors (Lipinski definition) is 0. The molecular weight excluding hydrogens is 1730 g/mol. The smallest absolute Gasteiger partial charge is 0.403 e. The zero-order chi connectivity index (χ0) is 101. The van der Waals surface area contributed by atoms with Crippen LogP contribution < -0.4 is 62.2 Å². The van der Waals surface area contributed by atoms with Crippen LogP contribution in [0.15, 0.2) is 315 Å². The SMILES string of the molecule is CB1OC(C)(C)C(C)(C)O1.CB1OC(C)(C)C(C)(C)O1.CCCCCCc1ccc(N2c3cc(N(c4ccccc4)c4ccccc4)ccc3B3c4cc(C(C)(C)C)ccc4N(c4ccc(C(C)(C)C)cc4)c4cc(C)cc2c43)cc1.CCCCCCc1ccc(N2c3cc(N(c4ccccc4)c4ccccc4)ccc3B3c4cc(C(C)(C)C)ccc4N(c4ccc(C(C)(C)C)cc4)c4cc(C)cc2c43)cc1. The zero-order valence-corrected chi connectivity index (χ0v) is 89.7. The Bertz CT molecular complexity index is 6240. The minimum atomic E-state index is -0.160. The van der Waals surface area contributed by atoms with E-state index in [0.29, 0.717) is 0 Å². The number of benzene rings is 14. The van der Waals surface area contributed by atoms with Gasteiger partial charge in [0.2, 0.25) is 0 Å². The fourth-order valence-corrected chi connectivity index (χ4v) is 21.4. The monoisotopic (exact) mass is 1880 g/mol. The maximum Gasteiger partial charge on any atom is 0.454 e. The molecular formula is C128H150B4N6O4. The average Bonchev–Trinajstić information content (AvgIpc) is 0.834. The summed E-state index contributed by atoms with van der Waals surface area (Å²) < 4.78 is 22.2. The van der Waals surface area contributed by atoms with Crippen LogP contribution in [0.4, 0.5) is 102 Å². The summed E-state index contributed by atoms with van der Waals surface area (Å²) in [6.07, 6.45) is 12.4. The predicted molar refractivity (Wildman–Crippen MR) is 614 cm³/mol. The van der Waals surface area contributed by atoms with Crippen LogP contribution in [-0.4, -0.2) is 50.1 Å². The van der Waals surface area contributed by atoms with E-state index in [9.17, 15) is 0 Å². The number of unbranched alkanes of at least 4 members (excludes halogenated alkanes) is 6. The van der Waals surface area contributed by atoms with E-state index in [4.69, 9.17) is 18.6 Å². The van der Waals surface area contributed by atoms with Crippen LogP contribution >= 0.6 is 0 Å². The van der Waals surface area contributed by atoms with E-state index >= 15 is 0 Å². The molecule has 0 unspecified atom stereocenters. The Morgan fingerprint density at radius 3 is 0.768 bits per heavy atom. The Hall–Kier alpha value is -12.0. The Kier molecular flexibility index (Phi) is 29.0. The third-order valence-corrected chi connectivity index (χ3v) is 30.5. The first-order chi connectivity index (χ1) is 67.5. The lowest BCUT2D eigenvalue weighted by atomic mass is 9.33. The Morgan fingerprint density at radius 2 is 0.514 bits per heavy atom. The van der Waals surface area contributed by atoms with Crippen molar-refractivity contribution < 1.29 is 18.6 Å². The first-order valence-corrected chi connectivity index (χ1v) is 52.5. The largest absolute Gasteiger partial charge is 0.454 e. The van der Waals surface area contributed by atoms with Gasteiger partial charge in [-0.15, -0.1) is 0 Å². The molecule has 142 heavy (non-hydrogen) atoms. The van der Waals surface area contributed by atoms with E-state index in [1.807, 2.05) is 13.6 Å². The Labute approximate surface area is 853 Å². The summed E-state index contributed by atoms with van der Waals surface area (Å²) in [6, 6.07) is 119. The first-order valence-electron chi connectivity index (χ1n) is 52.5. The summed E-state index contributed by atoms with van der Waals surface area (Å²) in [4.78, 5) is 15.0. The van der Waals surface area contributed by atoms with Crippen LogP contribution in [0.3, 0.4) is 0 Å². The van der Waals surface area contributed by atoms with Gasteiger partial charge in [-0.1, -0.05) is 293 Å². The molecule has 14 aromatic rings. The highest BCUT2D eigenvalue weighted by Crippen LogP contribution is 2.52. The number of hydrogen-bond acceptors (Lipinski definition) is 10. The second-order valence-corrected chi connectivity index (χ2v) is 46.4. The lowest BCUT2D eigenvalue weighted by molar-refractivity contribution is 0.00578. The molecule has 6 heterocycles. The number of para-hydroxylation sites is 4. The second-order valence-electron chi connectivity index (χ2n) is 46.4. The lowest BCUT2D eigenvalue weighted by Crippen LogP contribution is -2.61. The van der Waals surface area contributed by atoms with Gasteiger partial charge >= 0.3 is 14.2 Å². The van der Waals surface area contributed by atoms with E-state index in [1.54, 1.807) is 0 Å². The van der Waals surface area contributed by atoms with Crippen molar-refractivity contribution in [1.82, 2.24) is 0 Å². The fraction of sp³-hybridized carbons (Fsp3) is 0.344. The summed E-state index contributed by atoms with van der Waals surface area (Å²) in [5.41, 5.74) is 39.6. The third kappa shape index (κ3) is 20.9. The van der Waals surface area contributed by atoms with Gasteiger partial charge in [0.15, 0.2) is 0 Å². The van der Waals surface area contributed by atoms with Crippen LogP contribution in [0.25, 0.3) is 0 Å². The summed E-state index contributed by atoms with van der Waals surface area (Å²) in [5.74, 6) is 0. The molecule has 0 saturated carbocycles. The van der Waals surface area contributed by atoms with Crippen LogP contribution in [0.1, 0.15) is 248 Å². The summed E-state index contributed by atoms with van der Waals surface area (Å²) in [7, 11) is -0.130. The second kappa shape index (κ2) is 40.6. The number of aryl methyl sites for hydroxylation is 4. The quantitative estimate of drug-likeness (QED) is 0.0545. The molecule has 0 aromatic heterocycles. The first kappa shape index (κ1) is 101. The Balaban J connectivity index is 0.000000163. The summed E-state index contributed by atoms with van der Waals surface area (Å²) >= 11 is 0. The molecule has 14 heteroatoms. The van der Waals surface area contributed by atoms with Crippen molar-refractivity contribution >= 4 is 163 Å². The molecule has 0 bridgehead atoms. The van der Waals surface area contributed by atoms with Crippen molar-refractivity contribution in [3.8, 4) is 0 Å². The van der Waals surface area contributed by atoms with Crippen molar-refractivity contribution in [2.24, 2.45) is 0 Å². The van der Waals surface area contributed by atoms with Crippen LogP contribution in [0.2, 0.25) is 13.6 Å². The van der Waals surface area contributed by atoms with Gasteiger partial charge in [-0.3, -0.25) is 0 Å². The number of anilines is 18. The molecule has 14 aromatic carbocycles. The van der Waals surface area contributed by atoms with Gasteiger partial charge in [0.05, 0.1) is 22.4 Å².